The van der Waals surface area contributed by atoms with Crippen LogP contribution in [0.15, 0.2) is 18.2 Å². The highest BCUT2D eigenvalue weighted by Crippen LogP contribution is 2.28. The van der Waals surface area contributed by atoms with Crippen LogP contribution in [0, 0.1) is 0 Å². The van der Waals surface area contributed by atoms with Crippen molar-refractivity contribution in [2.75, 3.05) is 6.54 Å². The van der Waals surface area contributed by atoms with Crippen molar-refractivity contribution >= 4 is 39.3 Å². The van der Waals surface area contributed by atoms with Crippen molar-refractivity contribution < 1.29 is 17.1 Å². The van der Waals surface area contributed by atoms with Crippen LogP contribution in [0.25, 0.3) is 0 Å². The van der Waals surface area contributed by atoms with Gasteiger partial charge in [-0.25, -0.2) is 0 Å². The van der Waals surface area contributed by atoms with Gasteiger partial charge in [0.1, 0.15) is 5.25 Å². The van der Waals surface area contributed by atoms with Crippen molar-refractivity contribution in [2.24, 2.45) is 0 Å². The SMILES string of the molecule is O=C1CC(S(=O)(=O)F)CN1Cc1c(Cl)cccc1Cl. The predicted molar refractivity (Wildman–Crippen MR) is 70.3 cm³/mol. The van der Waals surface area contributed by atoms with Gasteiger partial charge < -0.3 is 4.90 Å². The molecule has 0 radical (unpaired) electrons. The Morgan fingerprint density at radius 2 is 1.89 bits per heavy atom. The number of carbonyl (C=O) groups excluding carboxylic acids is 1. The summed E-state index contributed by atoms with van der Waals surface area (Å²) in [5, 5.41) is -0.542. The van der Waals surface area contributed by atoms with Crippen LogP contribution in [-0.2, 0) is 21.6 Å². The molecule has 1 aliphatic heterocycles. The molecule has 0 aliphatic carbocycles. The van der Waals surface area contributed by atoms with Crippen molar-refractivity contribution in [3.05, 3.63) is 33.8 Å². The maximum absolute atomic E-state index is 12.9. The van der Waals surface area contributed by atoms with Crippen LogP contribution >= 0.6 is 23.2 Å². The predicted octanol–water partition coefficient (Wildman–Crippen LogP) is 2.39. The van der Waals surface area contributed by atoms with Crippen molar-refractivity contribution in [3.8, 4) is 0 Å². The molecule has 0 bridgehead atoms. The van der Waals surface area contributed by atoms with E-state index in [-0.39, 0.29) is 19.5 Å². The fourth-order valence-corrected chi connectivity index (χ4v) is 3.17. The first-order chi connectivity index (χ1) is 8.79. The Morgan fingerprint density at radius 3 is 2.37 bits per heavy atom. The second-order valence-electron chi connectivity index (χ2n) is 4.28. The number of carbonyl (C=O) groups is 1. The van der Waals surface area contributed by atoms with Gasteiger partial charge in [-0.1, -0.05) is 29.3 Å². The minimum atomic E-state index is -4.71. The molecule has 1 atom stereocenters. The van der Waals surface area contributed by atoms with Gasteiger partial charge in [-0.05, 0) is 12.1 Å². The van der Waals surface area contributed by atoms with Crippen LogP contribution in [0.4, 0.5) is 3.89 Å². The van der Waals surface area contributed by atoms with Crippen molar-refractivity contribution in [1.82, 2.24) is 4.90 Å². The number of rotatable bonds is 3. The lowest BCUT2D eigenvalue weighted by Gasteiger charge is -2.17. The van der Waals surface area contributed by atoms with Gasteiger partial charge >= 0.3 is 10.2 Å². The van der Waals surface area contributed by atoms with E-state index >= 15 is 0 Å². The molecule has 0 spiro atoms. The molecular weight excluding hydrogens is 316 g/mol. The largest absolute Gasteiger partial charge is 0.337 e. The Hall–Kier alpha value is -0.850. The van der Waals surface area contributed by atoms with E-state index in [1.54, 1.807) is 18.2 Å². The zero-order chi connectivity index (χ0) is 14.2. The first kappa shape index (κ1) is 14.6. The Kier molecular flexibility index (Phi) is 4.03. The average molecular weight is 326 g/mol. The molecular formula is C11H10Cl2FNO3S. The van der Waals surface area contributed by atoms with Crippen molar-refractivity contribution in [2.45, 2.75) is 18.2 Å². The standard InChI is InChI=1S/C11H10Cl2FNO3S/c12-9-2-1-3-10(13)8(9)6-15-5-7(4-11(15)16)19(14,17)18/h1-3,7H,4-6H2. The van der Waals surface area contributed by atoms with Crippen molar-refractivity contribution in [3.63, 3.8) is 0 Å². The molecule has 1 unspecified atom stereocenters. The van der Waals surface area contributed by atoms with Crippen LogP contribution < -0.4 is 0 Å². The van der Waals surface area contributed by atoms with E-state index in [0.29, 0.717) is 15.6 Å². The summed E-state index contributed by atoms with van der Waals surface area (Å²) < 4.78 is 34.5. The summed E-state index contributed by atoms with van der Waals surface area (Å²) in [5.41, 5.74) is 0.524. The van der Waals surface area contributed by atoms with Crippen LogP contribution in [0.3, 0.4) is 0 Å². The highest BCUT2D eigenvalue weighted by atomic mass is 35.5. The number of benzene rings is 1. The summed E-state index contributed by atoms with van der Waals surface area (Å²) in [6.45, 7) is -0.109. The molecule has 8 heteroatoms. The Labute approximate surface area is 120 Å². The maximum atomic E-state index is 12.9. The molecule has 1 fully saturated rings. The Bertz CT molecular complexity index is 600. The molecule has 19 heavy (non-hydrogen) atoms. The van der Waals surface area contributed by atoms with Crippen LogP contribution in [0.1, 0.15) is 12.0 Å². The summed E-state index contributed by atoms with van der Waals surface area (Å²) in [6, 6.07) is 4.90. The first-order valence-electron chi connectivity index (χ1n) is 5.43. The fraction of sp³-hybridized carbons (Fsp3) is 0.364. The molecule has 1 amide bonds. The zero-order valence-corrected chi connectivity index (χ0v) is 12.0. The van der Waals surface area contributed by atoms with E-state index in [9.17, 15) is 17.1 Å². The van der Waals surface area contributed by atoms with Gasteiger partial charge in [0.2, 0.25) is 5.91 Å². The highest BCUT2D eigenvalue weighted by Gasteiger charge is 2.38. The topological polar surface area (TPSA) is 54.5 Å². The highest BCUT2D eigenvalue weighted by molar-refractivity contribution is 7.87. The number of halogens is 3. The fourth-order valence-electron chi connectivity index (χ4n) is 1.95. The number of hydrogen-bond acceptors (Lipinski definition) is 3. The minimum Gasteiger partial charge on any atom is -0.337 e. The first-order valence-corrected chi connectivity index (χ1v) is 7.63. The quantitative estimate of drug-likeness (QED) is 0.802. The molecule has 0 saturated carbocycles. The van der Waals surface area contributed by atoms with Gasteiger partial charge in [-0.3, -0.25) is 4.79 Å². The summed E-state index contributed by atoms with van der Waals surface area (Å²) >= 11 is 11.9. The zero-order valence-electron chi connectivity index (χ0n) is 9.64. The smallest absolute Gasteiger partial charge is 0.307 e. The molecule has 2 rings (SSSR count). The molecule has 1 aromatic rings. The number of amides is 1. The Morgan fingerprint density at radius 1 is 1.32 bits per heavy atom. The second kappa shape index (κ2) is 5.26. The van der Waals surface area contributed by atoms with Gasteiger partial charge in [0.15, 0.2) is 0 Å². The molecule has 1 aliphatic rings. The molecule has 104 valence electrons. The summed E-state index contributed by atoms with van der Waals surface area (Å²) in [7, 11) is -4.71. The van der Waals surface area contributed by atoms with E-state index in [2.05, 4.69) is 0 Å². The molecule has 1 saturated heterocycles. The number of hydrogen-bond donors (Lipinski definition) is 0. The summed E-state index contributed by atoms with van der Waals surface area (Å²) in [4.78, 5) is 12.9. The lowest BCUT2D eigenvalue weighted by atomic mass is 10.2. The third-order valence-electron chi connectivity index (χ3n) is 2.99. The number of likely N-dealkylation sites (tertiary alicyclic amines) is 1. The lowest BCUT2D eigenvalue weighted by molar-refractivity contribution is -0.128. The summed E-state index contributed by atoms with van der Waals surface area (Å²) in [6.07, 6.45) is -0.346. The third-order valence-corrected chi connectivity index (χ3v) is 4.81. The van der Waals surface area contributed by atoms with E-state index in [4.69, 9.17) is 23.2 Å². The van der Waals surface area contributed by atoms with Crippen LogP contribution in [0.5, 0.6) is 0 Å². The van der Waals surface area contributed by atoms with E-state index in [1.807, 2.05) is 0 Å². The number of nitrogens with zero attached hydrogens (tertiary/aromatic N) is 1. The van der Waals surface area contributed by atoms with Gasteiger partial charge in [-0.2, -0.15) is 8.42 Å². The van der Waals surface area contributed by atoms with E-state index in [0.717, 1.165) is 0 Å². The molecule has 0 N–H and O–H groups in total. The summed E-state index contributed by atoms with van der Waals surface area (Å²) in [5.74, 6) is -0.429. The maximum Gasteiger partial charge on any atom is 0.307 e. The van der Waals surface area contributed by atoms with Gasteiger partial charge in [0.25, 0.3) is 0 Å². The van der Waals surface area contributed by atoms with Gasteiger partial charge in [0, 0.05) is 35.1 Å². The monoisotopic (exact) mass is 325 g/mol. The molecule has 1 aromatic carbocycles. The van der Waals surface area contributed by atoms with E-state index < -0.39 is 21.4 Å². The average Bonchev–Trinajstić information content (AvgIpc) is 2.65. The Balaban J connectivity index is 2.19. The third kappa shape index (κ3) is 3.19. The second-order valence-corrected chi connectivity index (χ2v) is 6.71. The normalized spacial score (nSPS) is 20.1. The van der Waals surface area contributed by atoms with Crippen LogP contribution in [0.2, 0.25) is 10.0 Å². The van der Waals surface area contributed by atoms with Gasteiger partial charge in [-0.15, -0.1) is 3.89 Å². The molecule has 4 nitrogen and oxygen atoms in total. The molecule has 0 aromatic heterocycles. The minimum absolute atomic E-state index is 0.0728. The van der Waals surface area contributed by atoms with E-state index in [1.165, 1.54) is 4.90 Å². The molecule has 1 heterocycles. The lowest BCUT2D eigenvalue weighted by Crippen LogP contribution is -2.27. The van der Waals surface area contributed by atoms with Crippen molar-refractivity contribution in [1.29, 1.82) is 0 Å². The van der Waals surface area contributed by atoms with Gasteiger partial charge in [0.05, 0.1) is 0 Å². The van der Waals surface area contributed by atoms with Crippen LogP contribution in [-0.4, -0.2) is 31.0 Å².